The summed E-state index contributed by atoms with van der Waals surface area (Å²) < 4.78 is 78.0. The van der Waals surface area contributed by atoms with E-state index in [1.54, 1.807) is 0 Å². The molecule has 2 saturated carbocycles. The van der Waals surface area contributed by atoms with E-state index in [-0.39, 0.29) is 17.9 Å². The second-order valence-corrected chi connectivity index (χ2v) is 11.5. The van der Waals surface area contributed by atoms with E-state index >= 15 is 0 Å². The number of aliphatic hydroxyl groups is 3. The summed E-state index contributed by atoms with van der Waals surface area (Å²) in [6.45, 7) is 4.15. The molecule has 0 aliphatic heterocycles. The maximum absolute atomic E-state index is 13.0. The molecule has 3 atom stereocenters. The normalized spacial score (nSPS) is 30.3. The Hall–Kier alpha value is -1.58. The third-order valence-corrected chi connectivity index (χ3v) is 8.29. The zero-order valence-corrected chi connectivity index (χ0v) is 21.4. The molecule has 0 heterocycles. The Morgan fingerprint density at radius 1 is 1.03 bits per heavy atom. The van der Waals surface area contributed by atoms with E-state index in [4.69, 9.17) is 0 Å². The molecule has 3 rings (SSSR count). The fraction of sp³-hybridized carbons (Fsp3) is 0.714. The van der Waals surface area contributed by atoms with Gasteiger partial charge in [-0.1, -0.05) is 47.9 Å². The van der Waals surface area contributed by atoms with E-state index in [1.807, 2.05) is 19.1 Å². The van der Waals surface area contributed by atoms with Crippen LogP contribution in [0, 0.1) is 10.8 Å². The first kappa shape index (κ1) is 30.0. The highest BCUT2D eigenvalue weighted by Gasteiger charge is 2.69. The summed E-state index contributed by atoms with van der Waals surface area (Å²) in [7, 11) is 0. The number of alkyl halides is 6. The van der Waals surface area contributed by atoms with E-state index in [9.17, 15) is 41.7 Å². The van der Waals surface area contributed by atoms with Crippen molar-refractivity contribution < 1.29 is 41.7 Å². The van der Waals surface area contributed by atoms with E-state index < -0.39 is 35.6 Å². The molecule has 3 aliphatic carbocycles. The third-order valence-electron chi connectivity index (χ3n) is 8.29. The monoisotopic (exact) mass is 536 g/mol. The Labute approximate surface area is 214 Å². The van der Waals surface area contributed by atoms with Crippen LogP contribution >= 0.6 is 0 Å². The average Bonchev–Trinajstić information content (AvgIpc) is 3.43. The second-order valence-electron chi connectivity index (χ2n) is 11.5. The van der Waals surface area contributed by atoms with Crippen molar-refractivity contribution in [1.29, 1.82) is 0 Å². The maximum Gasteiger partial charge on any atom is 0.429 e. The first-order chi connectivity index (χ1) is 17.0. The van der Waals surface area contributed by atoms with Gasteiger partial charge < -0.3 is 15.3 Å². The van der Waals surface area contributed by atoms with Crippen LogP contribution in [0.1, 0.15) is 84.5 Å². The van der Waals surface area contributed by atoms with Gasteiger partial charge in [-0.25, -0.2) is 0 Å². The van der Waals surface area contributed by atoms with E-state index in [2.05, 4.69) is 13.0 Å². The lowest BCUT2D eigenvalue weighted by Crippen LogP contribution is -2.55. The van der Waals surface area contributed by atoms with Gasteiger partial charge in [0, 0.05) is 0 Å². The Balaban J connectivity index is 1.60. The molecule has 1 unspecified atom stereocenters. The van der Waals surface area contributed by atoms with Crippen LogP contribution in [0.2, 0.25) is 0 Å². The Morgan fingerprint density at radius 3 is 2.16 bits per heavy atom. The van der Waals surface area contributed by atoms with Gasteiger partial charge in [0.1, 0.15) is 0 Å². The number of halogens is 6. The number of aliphatic hydroxyl groups excluding tert-OH is 2. The van der Waals surface area contributed by atoms with Crippen LogP contribution in [0.15, 0.2) is 47.1 Å². The van der Waals surface area contributed by atoms with Crippen LogP contribution in [0.3, 0.4) is 0 Å². The van der Waals surface area contributed by atoms with Crippen LogP contribution in [0.25, 0.3) is 0 Å². The molecule has 3 N–H and O–H groups in total. The van der Waals surface area contributed by atoms with Gasteiger partial charge in [0.25, 0.3) is 5.60 Å². The maximum atomic E-state index is 13.0. The molecule has 0 aromatic rings. The van der Waals surface area contributed by atoms with Crippen molar-refractivity contribution in [3.05, 3.63) is 47.1 Å². The lowest BCUT2D eigenvalue weighted by atomic mass is 9.71. The minimum absolute atomic E-state index is 0.0348. The van der Waals surface area contributed by atoms with Gasteiger partial charge in [-0.2, -0.15) is 26.3 Å². The van der Waals surface area contributed by atoms with Crippen molar-refractivity contribution in [3.8, 4) is 0 Å². The summed E-state index contributed by atoms with van der Waals surface area (Å²) in [5, 5.41) is 29.1. The van der Waals surface area contributed by atoms with Crippen molar-refractivity contribution in [2.24, 2.45) is 10.8 Å². The molecule has 3 nitrogen and oxygen atoms in total. The summed E-state index contributed by atoms with van der Waals surface area (Å²) in [6.07, 6.45) is 1.37. The number of allylic oxidation sites excluding steroid dienone is 6. The SMILES string of the molecule is C/C(=C/C=C1/CC(O)C[C@H](O)C1)CCC[C@@]1(C)CCC=C1C1(C/C=C/C(O)(C(F)(F)F)C(F)(F)F)CC1. The van der Waals surface area contributed by atoms with E-state index in [0.717, 1.165) is 54.9 Å². The molecule has 37 heavy (non-hydrogen) atoms. The van der Waals surface area contributed by atoms with Gasteiger partial charge in [-0.3, -0.25) is 0 Å². The van der Waals surface area contributed by atoms with Gasteiger partial charge in [0.2, 0.25) is 0 Å². The van der Waals surface area contributed by atoms with Gasteiger partial charge >= 0.3 is 12.4 Å². The van der Waals surface area contributed by atoms with Gasteiger partial charge in [-0.05, 0) is 94.5 Å². The first-order valence-corrected chi connectivity index (χ1v) is 13.0. The van der Waals surface area contributed by atoms with Crippen LogP contribution in [0.4, 0.5) is 26.3 Å². The molecule has 0 aromatic carbocycles. The summed E-state index contributed by atoms with van der Waals surface area (Å²) in [4.78, 5) is 0. The van der Waals surface area contributed by atoms with Gasteiger partial charge in [-0.15, -0.1) is 0 Å². The Kier molecular flexibility index (Phi) is 8.82. The molecule has 0 radical (unpaired) electrons. The number of rotatable bonds is 9. The largest absolute Gasteiger partial charge is 0.429 e. The predicted octanol–water partition coefficient (Wildman–Crippen LogP) is 7.24. The minimum atomic E-state index is -5.85. The average molecular weight is 537 g/mol. The molecule has 0 bridgehead atoms. The Morgan fingerprint density at radius 2 is 1.62 bits per heavy atom. The lowest BCUT2D eigenvalue weighted by Gasteiger charge is -2.34. The number of hydrogen-bond donors (Lipinski definition) is 3. The molecule has 210 valence electrons. The molecule has 2 fully saturated rings. The topological polar surface area (TPSA) is 60.7 Å². The molecule has 0 aromatic heterocycles. The van der Waals surface area contributed by atoms with Crippen molar-refractivity contribution in [3.63, 3.8) is 0 Å². The lowest BCUT2D eigenvalue weighted by molar-refractivity contribution is -0.347. The minimum Gasteiger partial charge on any atom is -0.393 e. The standard InChI is InChI=1S/C28H38F6O3/c1-19(8-9-20-16-21(35)18-22(36)17-20)6-3-10-24(2)11-4-7-23(24)25(14-15-25)12-5-13-26(37,27(29,30)31)28(32,33)34/h5,7-9,13,21-22,35-37H,3-4,6,10-12,14-18H2,1-2H3/b13-5+,19-8-,20-9-/t21?,22-,24+/m1/s1. The predicted molar refractivity (Wildman–Crippen MR) is 129 cm³/mol. The summed E-state index contributed by atoms with van der Waals surface area (Å²) >= 11 is 0. The highest BCUT2D eigenvalue weighted by atomic mass is 19.4. The molecule has 0 spiro atoms. The molecular formula is C28H38F6O3. The van der Waals surface area contributed by atoms with Crippen molar-refractivity contribution in [2.45, 2.75) is 115 Å². The fourth-order valence-corrected chi connectivity index (χ4v) is 5.98. The van der Waals surface area contributed by atoms with Crippen LogP contribution < -0.4 is 0 Å². The molecule has 3 aliphatic rings. The summed E-state index contributed by atoms with van der Waals surface area (Å²) in [5.41, 5.74) is -2.14. The van der Waals surface area contributed by atoms with E-state index in [1.165, 1.54) is 0 Å². The molecular weight excluding hydrogens is 498 g/mol. The van der Waals surface area contributed by atoms with Crippen molar-refractivity contribution in [1.82, 2.24) is 0 Å². The second kappa shape index (κ2) is 10.9. The van der Waals surface area contributed by atoms with Crippen molar-refractivity contribution in [2.75, 3.05) is 0 Å². The van der Waals surface area contributed by atoms with Crippen LogP contribution in [-0.2, 0) is 0 Å². The van der Waals surface area contributed by atoms with E-state index in [0.29, 0.717) is 32.1 Å². The Bertz CT molecular complexity index is 913. The zero-order valence-electron chi connectivity index (χ0n) is 21.4. The van der Waals surface area contributed by atoms with Crippen LogP contribution in [0.5, 0.6) is 0 Å². The fourth-order valence-electron chi connectivity index (χ4n) is 5.98. The number of hydrogen-bond acceptors (Lipinski definition) is 3. The molecule has 9 heteroatoms. The highest BCUT2D eigenvalue weighted by molar-refractivity contribution is 5.33. The summed E-state index contributed by atoms with van der Waals surface area (Å²) in [5.74, 6) is 0. The zero-order chi connectivity index (χ0) is 27.7. The molecule has 0 saturated heterocycles. The molecule has 0 amide bonds. The van der Waals surface area contributed by atoms with Gasteiger partial charge in [0.05, 0.1) is 12.2 Å². The third kappa shape index (κ3) is 6.90. The highest BCUT2D eigenvalue weighted by Crippen LogP contribution is 2.64. The van der Waals surface area contributed by atoms with Crippen LogP contribution in [-0.4, -0.2) is 45.5 Å². The quantitative estimate of drug-likeness (QED) is 0.215. The smallest absolute Gasteiger partial charge is 0.393 e. The van der Waals surface area contributed by atoms with Gasteiger partial charge in [0.15, 0.2) is 0 Å². The van der Waals surface area contributed by atoms with Crippen molar-refractivity contribution >= 4 is 0 Å². The summed E-state index contributed by atoms with van der Waals surface area (Å²) in [6, 6.07) is 0. The first-order valence-electron chi connectivity index (χ1n) is 13.0.